The van der Waals surface area contributed by atoms with Gasteiger partial charge in [0, 0.05) is 39.7 Å². The fourth-order valence-corrected chi connectivity index (χ4v) is 4.07. The standard InChI is InChI=1S/C22H26Cl2N2O2S/c1-15(2)25-22(28)16(3)26(14-17-9-10-18(23)13-20(17)24)21(27)11-12-29-19-7-5-4-6-8-19/h4-10,13,15-16H,11-12,14H2,1-3H3,(H,25,28)/t16-/m0/s1. The van der Waals surface area contributed by atoms with Crippen molar-refractivity contribution in [3.05, 3.63) is 64.1 Å². The molecule has 0 saturated heterocycles. The van der Waals surface area contributed by atoms with E-state index in [2.05, 4.69) is 5.32 Å². The summed E-state index contributed by atoms with van der Waals surface area (Å²) in [6.07, 6.45) is 0.323. The zero-order valence-electron chi connectivity index (χ0n) is 16.8. The lowest BCUT2D eigenvalue weighted by Gasteiger charge is -2.29. The third-order valence-electron chi connectivity index (χ3n) is 4.28. The Bertz CT molecular complexity index is 831. The van der Waals surface area contributed by atoms with E-state index in [-0.39, 0.29) is 24.4 Å². The zero-order chi connectivity index (χ0) is 21.4. The molecule has 2 aromatic carbocycles. The van der Waals surface area contributed by atoms with Crippen molar-refractivity contribution in [2.24, 2.45) is 0 Å². The Morgan fingerprint density at radius 1 is 1.07 bits per heavy atom. The van der Waals surface area contributed by atoms with Gasteiger partial charge in [0.15, 0.2) is 0 Å². The predicted octanol–water partition coefficient (Wildman–Crippen LogP) is 5.42. The van der Waals surface area contributed by atoms with Crippen LogP contribution in [0.5, 0.6) is 0 Å². The normalized spacial score (nSPS) is 11.9. The maximum Gasteiger partial charge on any atom is 0.242 e. The monoisotopic (exact) mass is 452 g/mol. The van der Waals surface area contributed by atoms with E-state index >= 15 is 0 Å². The molecular formula is C22H26Cl2N2O2S. The highest BCUT2D eigenvalue weighted by molar-refractivity contribution is 7.99. The van der Waals surface area contributed by atoms with Crippen molar-refractivity contribution in [2.75, 3.05) is 5.75 Å². The number of thioether (sulfide) groups is 1. The molecule has 156 valence electrons. The fourth-order valence-electron chi connectivity index (χ4n) is 2.74. The van der Waals surface area contributed by atoms with Crippen molar-refractivity contribution >= 4 is 46.8 Å². The zero-order valence-corrected chi connectivity index (χ0v) is 19.2. The highest BCUT2D eigenvalue weighted by Crippen LogP contribution is 2.24. The van der Waals surface area contributed by atoms with E-state index in [9.17, 15) is 9.59 Å². The summed E-state index contributed by atoms with van der Waals surface area (Å²) >= 11 is 13.9. The summed E-state index contributed by atoms with van der Waals surface area (Å²) in [5, 5.41) is 3.88. The molecule has 0 heterocycles. The van der Waals surface area contributed by atoms with Gasteiger partial charge in [0.2, 0.25) is 11.8 Å². The lowest BCUT2D eigenvalue weighted by atomic mass is 10.1. The number of hydrogen-bond donors (Lipinski definition) is 1. The minimum absolute atomic E-state index is 0.00495. The molecule has 2 aromatic rings. The van der Waals surface area contributed by atoms with Crippen LogP contribution in [0.1, 0.15) is 32.8 Å². The Balaban J connectivity index is 2.11. The topological polar surface area (TPSA) is 49.4 Å². The molecule has 0 saturated carbocycles. The van der Waals surface area contributed by atoms with Crippen LogP contribution in [0.15, 0.2) is 53.4 Å². The third kappa shape index (κ3) is 7.57. The number of nitrogens with zero attached hydrogens (tertiary/aromatic N) is 1. The molecule has 0 spiro atoms. The van der Waals surface area contributed by atoms with E-state index in [1.807, 2.05) is 44.2 Å². The lowest BCUT2D eigenvalue weighted by molar-refractivity contribution is -0.140. The summed E-state index contributed by atoms with van der Waals surface area (Å²) in [7, 11) is 0. The highest BCUT2D eigenvalue weighted by atomic mass is 35.5. The number of rotatable bonds is 9. The highest BCUT2D eigenvalue weighted by Gasteiger charge is 2.26. The van der Waals surface area contributed by atoms with Gasteiger partial charge in [-0.1, -0.05) is 47.5 Å². The van der Waals surface area contributed by atoms with Crippen molar-refractivity contribution in [3.63, 3.8) is 0 Å². The van der Waals surface area contributed by atoms with Crippen LogP contribution in [0.4, 0.5) is 0 Å². The molecule has 0 aliphatic heterocycles. The van der Waals surface area contributed by atoms with Gasteiger partial charge in [0.1, 0.15) is 6.04 Å². The minimum Gasteiger partial charge on any atom is -0.352 e. The number of nitrogens with one attached hydrogen (secondary N) is 1. The quantitative estimate of drug-likeness (QED) is 0.516. The van der Waals surface area contributed by atoms with Crippen LogP contribution in [0.25, 0.3) is 0 Å². The van der Waals surface area contributed by atoms with E-state index in [4.69, 9.17) is 23.2 Å². The van der Waals surface area contributed by atoms with Crippen LogP contribution >= 0.6 is 35.0 Å². The van der Waals surface area contributed by atoms with Crippen molar-refractivity contribution in [3.8, 4) is 0 Å². The largest absolute Gasteiger partial charge is 0.352 e. The summed E-state index contributed by atoms with van der Waals surface area (Å²) in [4.78, 5) is 28.3. The fraction of sp³-hybridized carbons (Fsp3) is 0.364. The van der Waals surface area contributed by atoms with E-state index in [1.165, 1.54) is 0 Å². The average molecular weight is 453 g/mol. The molecule has 2 amide bonds. The van der Waals surface area contributed by atoms with Crippen LogP contribution in [-0.2, 0) is 16.1 Å². The first-order valence-corrected chi connectivity index (χ1v) is 11.2. The van der Waals surface area contributed by atoms with Crippen LogP contribution in [0, 0.1) is 0 Å². The smallest absolute Gasteiger partial charge is 0.242 e. The first kappa shape index (κ1) is 23.6. The number of amides is 2. The Morgan fingerprint density at radius 3 is 2.38 bits per heavy atom. The van der Waals surface area contributed by atoms with Gasteiger partial charge in [0.25, 0.3) is 0 Å². The molecular weight excluding hydrogens is 427 g/mol. The van der Waals surface area contributed by atoms with Crippen LogP contribution in [0.2, 0.25) is 10.0 Å². The summed E-state index contributed by atoms with van der Waals surface area (Å²) in [6.45, 7) is 5.77. The molecule has 0 aromatic heterocycles. The molecule has 29 heavy (non-hydrogen) atoms. The van der Waals surface area contributed by atoms with Gasteiger partial charge in [0.05, 0.1) is 0 Å². The van der Waals surface area contributed by atoms with E-state index in [1.54, 1.807) is 41.8 Å². The molecule has 0 unspecified atom stereocenters. The number of benzene rings is 2. The Labute approximate surface area is 187 Å². The second-order valence-electron chi connectivity index (χ2n) is 7.01. The Morgan fingerprint density at radius 2 is 1.76 bits per heavy atom. The van der Waals surface area contributed by atoms with Gasteiger partial charge in [-0.25, -0.2) is 0 Å². The van der Waals surface area contributed by atoms with Gasteiger partial charge in [-0.15, -0.1) is 11.8 Å². The average Bonchev–Trinajstić information content (AvgIpc) is 2.67. The lowest BCUT2D eigenvalue weighted by Crippen LogP contribution is -2.49. The number of hydrogen-bond acceptors (Lipinski definition) is 3. The van der Waals surface area contributed by atoms with Gasteiger partial charge < -0.3 is 10.2 Å². The van der Waals surface area contributed by atoms with Crippen LogP contribution in [0.3, 0.4) is 0 Å². The van der Waals surface area contributed by atoms with Crippen molar-refractivity contribution < 1.29 is 9.59 Å². The third-order valence-corrected chi connectivity index (χ3v) is 5.88. The second-order valence-corrected chi connectivity index (χ2v) is 9.02. The molecule has 0 aliphatic carbocycles. The molecule has 0 radical (unpaired) electrons. The van der Waals surface area contributed by atoms with Crippen LogP contribution < -0.4 is 5.32 Å². The molecule has 4 nitrogen and oxygen atoms in total. The maximum absolute atomic E-state index is 13.0. The first-order chi connectivity index (χ1) is 13.8. The Hall–Kier alpha value is -1.69. The van der Waals surface area contributed by atoms with Crippen LogP contribution in [-0.4, -0.2) is 34.6 Å². The summed E-state index contributed by atoms with van der Waals surface area (Å²) in [6, 6.07) is 14.5. The van der Waals surface area contributed by atoms with E-state index in [0.29, 0.717) is 22.2 Å². The van der Waals surface area contributed by atoms with Gasteiger partial charge in [-0.3, -0.25) is 9.59 Å². The minimum atomic E-state index is -0.613. The molecule has 0 fully saturated rings. The molecule has 7 heteroatoms. The van der Waals surface area contributed by atoms with Crippen molar-refractivity contribution in [1.29, 1.82) is 0 Å². The van der Waals surface area contributed by atoms with E-state index < -0.39 is 6.04 Å². The van der Waals surface area contributed by atoms with E-state index in [0.717, 1.165) is 10.5 Å². The van der Waals surface area contributed by atoms with Gasteiger partial charge in [-0.05, 0) is 50.6 Å². The van der Waals surface area contributed by atoms with Crippen molar-refractivity contribution in [1.82, 2.24) is 10.2 Å². The SMILES string of the molecule is CC(C)NC(=O)[C@H](C)N(Cc1ccc(Cl)cc1Cl)C(=O)CCSc1ccccc1. The predicted molar refractivity (Wildman–Crippen MR) is 122 cm³/mol. The number of carbonyl (C=O) groups excluding carboxylic acids is 2. The summed E-state index contributed by atoms with van der Waals surface area (Å²) in [5.41, 5.74) is 0.754. The second kappa shape index (κ2) is 11.5. The molecule has 0 aliphatic rings. The summed E-state index contributed by atoms with van der Waals surface area (Å²) < 4.78 is 0. The maximum atomic E-state index is 13.0. The Kier molecular flexibility index (Phi) is 9.34. The van der Waals surface area contributed by atoms with Crippen molar-refractivity contribution in [2.45, 2.75) is 50.7 Å². The number of halogens is 2. The summed E-state index contributed by atoms with van der Waals surface area (Å²) in [5.74, 6) is 0.353. The molecule has 1 N–H and O–H groups in total. The first-order valence-electron chi connectivity index (χ1n) is 9.49. The molecule has 1 atom stereocenters. The number of carbonyl (C=O) groups is 2. The van der Waals surface area contributed by atoms with Gasteiger partial charge >= 0.3 is 0 Å². The van der Waals surface area contributed by atoms with Gasteiger partial charge in [-0.2, -0.15) is 0 Å². The molecule has 0 bridgehead atoms. The molecule has 2 rings (SSSR count).